The minimum atomic E-state index is -1.10. The topological polar surface area (TPSA) is 91.2 Å². The summed E-state index contributed by atoms with van der Waals surface area (Å²) in [7, 11) is 0. The molecule has 1 saturated carbocycles. The first kappa shape index (κ1) is 12.4. The van der Waals surface area contributed by atoms with Crippen LogP contribution < -0.4 is 14.8 Å². The molecule has 1 aliphatic carbocycles. The second-order valence-corrected chi connectivity index (χ2v) is 5.70. The van der Waals surface area contributed by atoms with Gasteiger partial charge in [0.2, 0.25) is 6.79 Å². The monoisotopic (exact) mass is 279 g/mol. The second kappa shape index (κ2) is 4.33. The summed E-state index contributed by atoms with van der Waals surface area (Å²) in [6.07, 6.45) is -2.56. The van der Waals surface area contributed by atoms with Gasteiger partial charge in [0.25, 0.3) is 0 Å². The molecule has 0 bridgehead atoms. The van der Waals surface area contributed by atoms with E-state index in [1.165, 1.54) is 0 Å². The van der Waals surface area contributed by atoms with Crippen molar-refractivity contribution in [2.45, 2.75) is 43.2 Å². The van der Waals surface area contributed by atoms with Crippen molar-refractivity contribution < 1.29 is 24.8 Å². The number of fused-ring (bicyclic) bond motifs is 4. The predicted molar refractivity (Wildman–Crippen MR) is 68.6 cm³/mol. The second-order valence-electron chi connectivity index (χ2n) is 5.70. The van der Waals surface area contributed by atoms with Gasteiger partial charge >= 0.3 is 0 Å². The number of benzene rings is 1. The zero-order chi connectivity index (χ0) is 13.9. The fourth-order valence-corrected chi connectivity index (χ4v) is 3.53. The molecule has 108 valence electrons. The Morgan fingerprint density at radius 2 is 1.80 bits per heavy atom. The van der Waals surface area contributed by atoms with E-state index in [0.717, 1.165) is 16.9 Å². The van der Waals surface area contributed by atoms with Crippen LogP contribution in [0.3, 0.4) is 0 Å². The smallest absolute Gasteiger partial charge is 0.231 e. The summed E-state index contributed by atoms with van der Waals surface area (Å²) in [4.78, 5) is 0. The first-order valence-corrected chi connectivity index (χ1v) is 6.85. The Kier molecular flexibility index (Phi) is 2.68. The van der Waals surface area contributed by atoms with Crippen LogP contribution in [0, 0.1) is 0 Å². The van der Waals surface area contributed by atoms with Crippen molar-refractivity contribution in [1.82, 2.24) is 5.32 Å². The number of aliphatic hydroxyl groups excluding tert-OH is 3. The maximum absolute atomic E-state index is 10.1. The van der Waals surface area contributed by atoms with Gasteiger partial charge in [0.1, 0.15) is 6.10 Å². The lowest BCUT2D eigenvalue weighted by Crippen LogP contribution is -2.59. The van der Waals surface area contributed by atoms with Gasteiger partial charge in [0, 0.05) is 18.5 Å². The molecule has 6 nitrogen and oxygen atoms in total. The first-order valence-electron chi connectivity index (χ1n) is 6.85. The van der Waals surface area contributed by atoms with Crippen LogP contribution >= 0.6 is 0 Å². The average Bonchev–Trinajstić information content (AvgIpc) is 2.90. The fourth-order valence-electron chi connectivity index (χ4n) is 3.53. The van der Waals surface area contributed by atoms with E-state index in [1.54, 1.807) is 0 Å². The third-order valence-corrected chi connectivity index (χ3v) is 4.60. The summed E-state index contributed by atoms with van der Waals surface area (Å²) in [6.45, 7) is 0.830. The van der Waals surface area contributed by atoms with E-state index in [2.05, 4.69) is 5.32 Å². The third-order valence-electron chi connectivity index (χ3n) is 4.60. The van der Waals surface area contributed by atoms with Crippen molar-refractivity contribution in [3.63, 3.8) is 0 Å². The van der Waals surface area contributed by atoms with Gasteiger partial charge in [-0.25, -0.2) is 0 Å². The summed E-state index contributed by atoms with van der Waals surface area (Å²) in [6, 6.07) is 3.64. The predicted octanol–water partition coefficient (Wildman–Crippen LogP) is -0.543. The van der Waals surface area contributed by atoms with Gasteiger partial charge in [-0.2, -0.15) is 0 Å². The maximum atomic E-state index is 10.1. The maximum Gasteiger partial charge on any atom is 0.231 e. The van der Waals surface area contributed by atoms with E-state index in [-0.39, 0.29) is 18.8 Å². The SMILES string of the molecule is O[C@@H]1[C@H](O)[C@@H](O)CC2c3cc4c(cc3CN[C@H]21)OCO4. The minimum Gasteiger partial charge on any atom is -0.454 e. The normalized spacial score (nSPS) is 38.2. The number of rotatable bonds is 0. The van der Waals surface area contributed by atoms with E-state index in [9.17, 15) is 15.3 Å². The van der Waals surface area contributed by atoms with E-state index >= 15 is 0 Å². The molecule has 5 atom stereocenters. The molecule has 6 heteroatoms. The van der Waals surface area contributed by atoms with Gasteiger partial charge in [-0.05, 0) is 29.7 Å². The van der Waals surface area contributed by atoms with Crippen LogP contribution in [0.15, 0.2) is 12.1 Å². The van der Waals surface area contributed by atoms with Crippen LogP contribution in [-0.2, 0) is 6.54 Å². The number of hydrogen-bond acceptors (Lipinski definition) is 6. The summed E-state index contributed by atoms with van der Waals surface area (Å²) in [5.74, 6) is 1.40. The van der Waals surface area contributed by atoms with Crippen LogP contribution in [0.4, 0.5) is 0 Å². The van der Waals surface area contributed by atoms with Crippen molar-refractivity contribution in [2.24, 2.45) is 0 Å². The number of nitrogens with one attached hydrogen (secondary N) is 1. The highest BCUT2D eigenvalue weighted by molar-refractivity contribution is 5.51. The molecule has 1 aromatic rings. The van der Waals surface area contributed by atoms with Crippen molar-refractivity contribution >= 4 is 0 Å². The Morgan fingerprint density at radius 3 is 2.60 bits per heavy atom. The van der Waals surface area contributed by atoms with E-state index in [0.29, 0.717) is 18.7 Å². The Labute approximate surface area is 115 Å². The van der Waals surface area contributed by atoms with Gasteiger partial charge in [0.15, 0.2) is 11.5 Å². The standard InChI is InChI=1S/C14H17NO5/c16-9-2-8-7-3-11-10(19-5-20-11)1-6(7)4-15-12(8)14(18)13(9)17/h1,3,8-9,12-18H,2,4-5H2/t8?,9-,12+,13+,14-/m0/s1. The van der Waals surface area contributed by atoms with Gasteiger partial charge in [-0.3, -0.25) is 0 Å². The van der Waals surface area contributed by atoms with Gasteiger partial charge in [-0.1, -0.05) is 0 Å². The van der Waals surface area contributed by atoms with Crippen LogP contribution in [-0.4, -0.2) is 46.5 Å². The van der Waals surface area contributed by atoms with Gasteiger partial charge in [0.05, 0.1) is 12.2 Å². The van der Waals surface area contributed by atoms with Gasteiger partial charge in [-0.15, -0.1) is 0 Å². The summed E-state index contributed by atoms with van der Waals surface area (Å²) in [5.41, 5.74) is 2.15. The average molecular weight is 279 g/mol. The highest BCUT2D eigenvalue weighted by Gasteiger charge is 2.45. The molecule has 0 saturated heterocycles. The van der Waals surface area contributed by atoms with Crippen LogP contribution in [0.25, 0.3) is 0 Å². The van der Waals surface area contributed by atoms with E-state index in [1.807, 2.05) is 12.1 Å². The van der Waals surface area contributed by atoms with Crippen molar-refractivity contribution in [3.8, 4) is 11.5 Å². The van der Waals surface area contributed by atoms with Crippen molar-refractivity contribution in [2.75, 3.05) is 6.79 Å². The number of ether oxygens (including phenoxy) is 2. The summed E-state index contributed by atoms with van der Waals surface area (Å²) < 4.78 is 10.8. The molecule has 0 radical (unpaired) electrons. The Hall–Kier alpha value is -1.34. The van der Waals surface area contributed by atoms with Gasteiger partial charge < -0.3 is 30.1 Å². The zero-order valence-electron chi connectivity index (χ0n) is 10.8. The molecule has 2 heterocycles. The number of aliphatic hydroxyl groups is 3. The molecule has 4 rings (SSSR count). The summed E-state index contributed by atoms with van der Waals surface area (Å²) >= 11 is 0. The molecule has 1 unspecified atom stereocenters. The molecule has 0 aromatic heterocycles. The molecular formula is C14H17NO5. The Morgan fingerprint density at radius 1 is 1.05 bits per heavy atom. The third kappa shape index (κ3) is 1.66. The molecule has 0 spiro atoms. The molecule has 1 fully saturated rings. The highest BCUT2D eigenvalue weighted by Crippen LogP contribution is 2.43. The molecule has 0 amide bonds. The molecule has 3 aliphatic rings. The molecule has 4 N–H and O–H groups in total. The molecular weight excluding hydrogens is 262 g/mol. The summed E-state index contributed by atoms with van der Waals surface area (Å²) in [5, 5.41) is 33.1. The lowest BCUT2D eigenvalue weighted by atomic mass is 9.72. The highest BCUT2D eigenvalue weighted by atomic mass is 16.7. The Balaban J connectivity index is 1.75. The zero-order valence-corrected chi connectivity index (χ0v) is 10.8. The quantitative estimate of drug-likeness (QED) is 0.510. The van der Waals surface area contributed by atoms with Crippen molar-refractivity contribution in [3.05, 3.63) is 23.3 Å². The van der Waals surface area contributed by atoms with Crippen molar-refractivity contribution in [1.29, 1.82) is 0 Å². The van der Waals surface area contributed by atoms with E-state index in [4.69, 9.17) is 9.47 Å². The molecule has 20 heavy (non-hydrogen) atoms. The Bertz CT molecular complexity index is 549. The van der Waals surface area contributed by atoms with E-state index < -0.39 is 18.3 Å². The lowest BCUT2D eigenvalue weighted by Gasteiger charge is -2.45. The molecule has 1 aromatic carbocycles. The van der Waals surface area contributed by atoms with Crippen LogP contribution in [0.5, 0.6) is 11.5 Å². The largest absolute Gasteiger partial charge is 0.454 e. The lowest BCUT2D eigenvalue weighted by molar-refractivity contribution is -0.107. The minimum absolute atomic E-state index is 0.0401. The fraction of sp³-hybridized carbons (Fsp3) is 0.571. The number of hydrogen-bond donors (Lipinski definition) is 4. The first-order chi connectivity index (χ1) is 9.65. The van der Waals surface area contributed by atoms with Crippen LogP contribution in [0.2, 0.25) is 0 Å². The molecule has 2 aliphatic heterocycles. The van der Waals surface area contributed by atoms with Crippen LogP contribution in [0.1, 0.15) is 23.5 Å².